The lowest BCUT2D eigenvalue weighted by molar-refractivity contribution is 0.0121. The predicted octanol–water partition coefficient (Wildman–Crippen LogP) is 5.82. The molecule has 4 rings (SSSR count). The second kappa shape index (κ2) is 11.7. The summed E-state index contributed by atoms with van der Waals surface area (Å²) in [6.07, 6.45) is 2.12. The second-order valence-electron chi connectivity index (χ2n) is 9.58. The Kier molecular flexibility index (Phi) is 8.42. The van der Waals surface area contributed by atoms with E-state index in [-0.39, 0.29) is 11.7 Å². The van der Waals surface area contributed by atoms with E-state index in [0.29, 0.717) is 12.3 Å². The number of para-hydroxylation sites is 1. The molecule has 186 valence electrons. The number of aliphatic hydroxyl groups is 1. The van der Waals surface area contributed by atoms with Gasteiger partial charge in [0.05, 0.1) is 17.9 Å². The average Bonchev–Trinajstić information content (AvgIpc) is 2.89. The summed E-state index contributed by atoms with van der Waals surface area (Å²) in [5.74, 6) is 0.544. The minimum Gasteiger partial charge on any atom is -0.494 e. The smallest absolute Gasteiger partial charge is 0.146 e. The SMILES string of the molecule is CCCCOc1ccc([C@](C)(O)[C@H](CN2CCN(c3ccccc3F)CC2)c2ccccc2)cc1. The molecular weight excluding hydrogens is 439 g/mol. The lowest BCUT2D eigenvalue weighted by Crippen LogP contribution is -2.49. The Labute approximate surface area is 209 Å². The molecule has 0 radical (unpaired) electrons. The summed E-state index contributed by atoms with van der Waals surface area (Å²) in [5, 5.41) is 11.9. The molecule has 35 heavy (non-hydrogen) atoms. The monoisotopic (exact) mass is 476 g/mol. The molecule has 0 spiro atoms. The maximum atomic E-state index is 14.3. The van der Waals surface area contributed by atoms with Crippen LogP contribution in [0.5, 0.6) is 5.75 Å². The van der Waals surface area contributed by atoms with E-state index in [4.69, 9.17) is 4.74 Å². The molecule has 1 heterocycles. The van der Waals surface area contributed by atoms with Crippen molar-refractivity contribution in [2.24, 2.45) is 0 Å². The van der Waals surface area contributed by atoms with Crippen LogP contribution in [-0.2, 0) is 5.60 Å². The molecule has 0 aliphatic carbocycles. The molecule has 1 aliphatic heterocycles. The predicted molar refractivity (Wildman–Crippen MR) is 141 cm³/mol. The van der Waals surface area contributed by atoms with Crippen LogP contribution in [0.15, 0.2) is 78.9 Å². The molecule has 1 saturated heterocycles. The summed E-state index contributed by atoms with van der Waals surface area (Å²) >= 11 is 0. The zero-order valence-electron chi connectivity index (χ0n) is 20.9. The number of rotatable bonds is 10. The van der Waals surface area contributed by atoms with Crippen molar-refractivity contribution in [1.82, 2.24) is 4.90 Å². The Morgan fingerprint density at radius 3 is 2.23 bits per heavy atom. The third kappa shape index (κ3) is 6.22. The van der Waals surface area contributed by atoms with Gasteiger partial charge in [-0.3, -0.25) is 4.90 Å². The van der Waals surface area contributed by atoms with Crippen LogP contribution in [0.4, 0.5) is 10.1 Å². The highest BCUT2D eigenvalue weighted by atomic mass is 19.1. The molecule has 5 heteroatoms. The van der Waals surface area contributed by atoms with Gasteiger partial charge in [0.15, 0.2) is 0 Å². The van der Waals surface area contributed by atoms with Gasteiger partial charge in [-0.15, -0.1) is 0 Å². The molecule has 0 bridgehead atoms. The molecule has 3 aromatic rings. The van der Waals surface area contributed by atoms with Crippen molar-refractivity contribution in [2.45, 2.75) is 38.2 Å². The fraction of sp³-hybridized carbons (Fsp3) is 0.400. The maximum absolute atomic E-state index is 14.3. The number of unbranched alkanes of at least 4 members (excludes halogenated alkanes) is 1. The van der Waals surface area contributed by atoms with Crippen molar-refractivity contribution >= 4 is 5.69 Å². The second-order valence-corrected chi connectivity index (χ2v) is 9.58. The van der Waals surface area contributed by atoms with Gasteiger partial charge in [-0.1, -0.05) is 67.9 Å². The molecule has 2 atom stereocenters. The summed E-state index contributed by atoms with van der Waals surface area (Å²) in [4.78, 5) is 4.49. The molecule has 0 saturated carbocycles. The first-order valence-corrected chi connectivity index (χ1v) is 12.7. The number of benzene rings is 3. The van der Waals surface area contributed by atoms with Gasteiger partial charge in [0, 0.05) is 38.6 Å². The van der Waals surface area contributed by atoms with Gasteiger partial charge in [0.1, 0.15) is 11.6 Å². The quantitative estimate of drug-likeness (QED) is 0.374. The van der Waals surface area contributed by atoms with Crippen LogP contribution in [-0.4, -0.2) is 49.3 Å². The number of anilines is 1. The Morgan fingerprint density at radius 1 is 0.914 bits per heavy atom. The third-order valence-electron chi connectivity index (χ3n) is 7.09. The number of ether oxygens (including phenoxy) is 1. The lowest BCUT2D eigenvalue weighted by Gasteiger charge is -2.41. The van der Waals surface area contributed by atoms with Gasteiger partial charge < -0.3 is 14.7 Å². The molecule has 3 aromatic carbocycles. The van der Waals surface area contributed by atoms with Crippen molar-refractivity contribution in [1.29, 1.82) is 0 Å². The molecule has 4 nitrogen and oxygen atoms in total. The van der Waals surface area contributed by atoms with Gasteiger partial charge >= 0.3 is 0 Å². The molecule has 0 aromatic heterocycles. The maximum Gasteiger partial charge on any atom is 0.146 e. The number of halogens is 1. The van der Waals surface area contributed by atoms with Crippen molar-refractivity contribution < 1.29 is 14.2 Å². The summed E-state index contributed by atoms with van der Waals surface area (Å²) in [5.41, 5.74) is 1.59. The normalized spacial score (nSPS) is 17.1. The van der Waals surface area contributed by atoms with Crippen LogP contribution in [0.2, 0.25) is 0 Å². The number of hydrogen-bond acceptors (Lipinski definition) is 4. The standard InChI is InChI=1S/C30H37FN2O2/c1-3-4-22-35-26-16-14-25(15-17-26)30(2,34)27(24-10-6-5-7-11-24)23-32-18-20-33(21-19-32)29-13-9-8-12-28(29)31/h5-17,27,34H,3-4,18-23H2,1-2H3/t27-,30+/m1/s1. The average molecular weight is 477 g/mol. The Bertz CT molecular complexity index is 1050. The van der Waals surface area contributed by atoms with Gasteiger partial charge in [-0.05, 0) is 48.7 Å². The first-order valence-electron chi connectivity index (χ1n) is 12.7. The highest BCUT2D eigenvalue weighted by Crippen LogP contribution is 2.38. The van der Waals surface area contributed by atoms with E-state index in [1.54, 1.807) is 6.07 Å². The number of piperazine rings is 1. The largest absolute Gasteiger partial charge is 0.494 e. The number of hydrogen-bond donors (Lipinski definition) is 1. The van der Waals surface area contributed by atoms with Crippen LogP contribution >= 0.6 is 0 Å². The first kappa shape index (κ1) is 25.2. The first-order chi connectivity index (χ1) is 17.0. The van der Waals surface area contributed by atoms with Crippen molar-refractivity contribution in [2.75, 3.05) is 44.2 Å². The Balaban J connectivity index is 1.48. The van der Waals surface area contributed by atoms with Crippen molar-refractivity contribution in [3.05, 3.63) is 95.8 Å². The van der Waals surface area contributed by atoms with E-state index in [1.165, 1.54) is 6.07 Å². The topological polar surface area (TPSA) is 35.9 Å². The highest BCUT2D eigenvalue weighted by Gasteiger charge is 2.36. The summed E-state index contributed by atoms with van der Waals surface area (Å²) in [6, 6.07) is 25.1. The molecule has 0 unspecified atom stereocenters. The van der Waals surface area contributed by atoms with E-state index >= 15 is 0 Å². The fourth-order valence-electron chi connectivity index (χ4n) is 4.85. The van der Waals surface area contributed by atoms with Gasteiger partial charge in [-0.25, -0.2) is 4.39 Å². The van der Waals surface area contributed by atoms with E-state index in [0.717, 1.165) is 62.4 Å². The fourth-order valence-corrected chi connectivity index (χ4v) is 4.85. The molecule has 1 aliphatic rings. The van der Waals surface area contributed by atoms with Crippen molar-refractivity contribution in [3.8, 4) is 5.75 Å². The Hall–Kier alpha value is -2.89. The van der Waals surface area contributed by atoms with Crippen molar-refractivity contribution in [3.63, 3.8) is 0 Å². The summed E-state index contributed by atoms with van der Waals surface area (Å²) in [6.45, 7) is 8.63. The van der Waals surface area contributed by atoms with Gasteiger partial charge in [0.25, 0.3) is 0 Å². The van der Waals surface area contributed by atoms with Crippen LogP contribution in [0.25, 0.3) is 0 Å². The lowest BCUT2D eigenvalue weighted by atomic mass is 9.78. The third-order valence-corrected chi connectivity index (χ3v) is 7.09. The van der Waals surface area contributed by atoms with Crippen LogP contribution in [0, 0.1) is 5.82 Å². The summed E-state index contributed by atoms with van der Waals surface area (Å²) in [7, 11) is 0. The van der Waals surface area contributed by atoms with E-state index in [1.807, 2.05) is 61.5 Å². The summed E-state index contributed by atoms with van der Waals surface area (Å²) < 4.78 is 20.1. The van der Waals surface area contributed by atoms with E-state index in [9.17, 15) is 9.50 Å². The zero-order valence-corrected chi connectivity index (χ0v) is 20.9. The minimum absolute atomic E-state index is 0.115. The minimum atomic E-state index is -1.06. The van der Waals surface area contributed by atoms with Crippen LogP contribution < -0.4 is 9.64 Å². The molecule has 1 N–H and O–H groups in total. The number of nitrogens with zero attached hydrogens (tertiary/aromatic N) is 2. The van der Waals surface area contributed by atoms with Gasteiger partial charge in [0.2, 0.25) is 0 Å². The van der Waals surface area contributed by atoms with Crippen LogP contribution in [0.1, 0.15) is 43.7 Å². The van der Waals surface area contributed by atoms with Crippen LogP contribution in [0.3, 0.4) is 0 Å². The molecular formula is C30H37FN2O2. The molecule has 1 fully saturated rings. The van der Waals surface area contributed by atoms with E-state index < -0.39 is 5.60 Å². The van der Waals surface area contributed by atoms with Gasteiger partial charge in [-0.2, -0.15) is 0 Å². The Morgan fingerprint density at radius 2 is 1.57 bits per heavy atom. The van der Waals surface area contributed by atoms with E-state index in [2.05, 4.69) is 28.9 Å². The molecule has 0 amide bonds. The zero-order chi connectivity index (χ0) is 24.7. The highest BCUT2D eigenvalue weighted by molar-refractivity contribution is 5.48.